The van der Waals surface area contributed by atoms with Crippen molar-refractivity contribution in [1.82, 2.24) is 10.0 Å². The van der Waals surface area contributed by atoms with Crippen molar-refractivity contribution in [1.29, 1.82) is 0 Å². The molecule has 0 spiro atoms. The van der Waals surface area contributed by atoms with Crippen LogP contribution in [0.3, 0.4) is 0 Å². The highest BCUT2D eigenvalue weighted by molar-refractivity contribution is 7.94. The number of nitrogens with one attached hydrogen (secondary N) is 2. The quantitative estimate of drug-likeness (QED) is 0.791. The molecule has 3 atom stereocenters. The fourth-order valence-electron chi connectivity index (χ4n) is 3.68. The predicted octanol–water partition coefficient (Wildman–Crippen LogP) is 3.28. The van der Waals surface area contributed by atoms with Crippen LogP contribution in [0.15, 0.2) is 47.4 Å². The summed E-state index contributed by atoms with van der Waals surface area (Å²) in [6.07, 6.45) is 6.68. The number of fused-ring (bicyclic) bond motifs is 2. The first-order chi connectivity index (χ1) is 11.9. The van der Waals surface area contributed by atoms with Crippen molar-refractivity contribution in [2.24, 2.45) is 17.8 Å². The van der Waals surface area contributed by atoms with E-state index in [0.717, 1.165) is 18.4 Å². The maximum Gasteiger partial charge on any atom is 0.328 e. The lowest BCUT2D eigenvalue weighted by molar-refractivity contribution is 0.243. The van der Waals surface area contributed by atoms with Crippen LogP contribution in [0, 0.1) is 17.8 Å². The van der Waals surface area contributed by atoms with E-state index in [-0.39, 0.29) is 4.91 Å². The highest BCUT2D eigenvalue weighted by Gasteiger charge is 2.35. The molecular weight excluding hydrogens is 336 g/mol. The number of amides is 2. The summed E-state index contributed by atoms with van der Waals surface area (Å²) in [5.41, 5.74) is 1.44. The minimum atomic E-state index is -3.86. The van der Waals surface area contributed by atoms with Gasteiger partial charge in [0.2, 0.25) is 0 Å². The van der Waals surface area contributed by atoms with Gasteiger partial charge in [0.05, 0.1) is 4.91 Å². The average Bonchev–Trinajstić information content (AvgIpc) is 3.22. The van der Waals surface area contributed by atoms with Gasteiger partial charge >= 0.3 is 6.03 Å². The number of hydrogen-bond acceptors (Lipinski definition) is 3. The molecule has 0 aliphatic heterocycles. The highest BCUT2D eigenvalue weighted by atomic mass is 32.2. The third kappa shape index (κ3) is 3.95. The summed E-state index contributed by atoms with van der Waals surface area (Å²) in [5.74, 6) is 1.55. The van der Waals surface area contributed by atoms with E-state index in [9.17, 15) is 13.2 Å². The van der Waals surface area contributed by atoms with Crippen LogP contribution in [0.1, 0.15) is 32.3 Å². The van der Waals surface area contributed by atoms with Crippen LogP contribution in [-0.2, 0) is 10.0 Å². The number of allylic oxidation sites excluding steroid dienone is 4. The molecular formula is C19H24N2O3S. The summed E-state index contributed by atoms with van der Waals surface area (Å²) in [5, 5.41) is 2.71. The van der Waals surface area contributed by atoms with E-state index < -0.39 is 16.1 Å². The van der Waals surface area contributed by atoms with Gasteiger partial charge in [-0.15, -0.1) is 0 Å². The minimum absolute atomic E-state index is 0.150. The number of sulfonamides is 1. The van der Waals surface area contributed by atoms with Crippen molar-refractivity contribution >= 4 is 21.6 Å². The van der Waals surface area contributed by atoms with E-state index >= 15 is 0 Å². The molecule has 0 aromatic heterocycles. The van der Waals surface area contributed by atoms with Crippen LogP contribution in [-0.4, -0.2) is 21.0 Å². The summed E-state index contributed by atoms with van der Waals surface area (Å²) < 4.78 is 27.0. The Labute approximate surface area is 149 Å². The number of carbonyl (C=O) groups excluding carboxylic acids is 1. The molecule has 0 saturated heterocycles. The lowest BCUT2D eigenvalue weighted by Gasteiger charge is -2.19. The van der Waals surface area contributed by atoms with Crippen LogP contribution in [0.4, 0.5) is 4.79 Å². The zero-order valence-corrected chi connectivity index (χ0v) is 15.3. The van der Waals surface area contributed by atoms with Crippen LogP contribution in [0.25, 0.3) is 5.57 Å². The monoisotopic (exact) mass is 360 g/mol. The zero-order valence-electron chi connectivity index (χ0n) is 14.5. The van der Waals surface area contributed by atoms with Crippen LogP contribution in [0.5, 0.6) is 0 Å². The summed E-state index contributed by atoms with van der Waals surface area (Å²) in [7, 11) is -3.86. The SMILES string of the molecule is CC(=C(C)S(=O)(=O)NC(=O)NCC1CC2C=CC1C2)c1ccccc1. The van der Waals surface area contributed by atoms with Gasteiger partial charge in [0.25, 0.3) is 10.0 Å². The van der Waals surface area contributed by atoms with E-state index in [1.165, 1.54) is 6.92 Å². The van der Waals surface area contributed by atoms with Gasteiger partial charge in [0.1, 0.15) is 0 Å². The highest BCUT2D eigenvalue weighted by Crippen LogP contribution is 2.42. The summed E-state index contributed by atoms with van der Waals surface area (Å²) in [6, 6.07) is 8.60. The molecule has 0 heterocycles. The van der Waals surface area contributed by atoms with E-state index in [1.54, 1.807) is 6.92 Å². The Morgan fingerprint density at radius 1 is 1.12 bits per heavy atom. The van der Waals surface area contributed by atoms with Gasteiger partial charge in [-0.3, -0.25) is 0 Å². The maximum atomic E-state index is 12.4. The van der Waals surface area contributed by atoms with Crippen LogP contribution in [0.2, 0.25) is 0 Å². The topological polar surface area (TPSA) is 75.3 Å². The molecule has 2 N–H and O–H groups in total. The van der Waals surface area contributed by atoms with Crippen molar-refractivity contribution in [2.45, 2.75) is 26.7 Å². The Kier molecular flexibility index (Phi) is 4.99. The van der Waals surface area contributed by atoms with Crippen molar-refractivity contribution in [3.8, 4) is 0 Å². The molecule has 1 fully saturated rings. The summed E-state index contributed by atoms with van der Waals surface area (Å²) in [4.78, 5) is 12.2. The van der Waals surface area contributed by atoms with Gasteiger partial charge in [-0.2, -0.15) is 0 Å². The molecule has 1 aromatic carbocycles. The lowest BCUT2D eigenvalue weighted by atomic mass is 9.94. The summed E-state index contributed by atoms with van der Waals surface area (Å²) >= 11 is 0. The molecule has 3 rings (SSSR count). The van der Waals surface area contributed by atoms with Crippen molar-refractivity contribution < 1.29 is 13.2 Å². The second-order valence-electron chi connectivity index (χ2n) is 6.90. The number of hydrogen-bond donors (Lipinski definition) is 2. The molecule has 2 amide bonds. The third-order valence-corrected chi connectivity index (χ3v) is 6.87. The largest absolute Gasteiger partial charge is 0.337 e. The molecule has 1 aromatic rings. The van der Waals surface area contributed by atoms with E-state index in [1.807, 2.05) is 30.3 Å². The van der Waals surface area contributed by atoms with Gasteiger partial charge in [-0.05, 0) is 55.6 Å². The van der Waals surface area contributed by atoms with Crippen LogP contribution >= 0.6 is 0 Å². The van der Waals surface area contributed by atoms with Gasteiger partial charge in [0, 0.05) is 6.54 Å². The molecule has 3 unspecified atom stereocenters. The number of rotatable bonds is 5. The first-order valence-electron chi connectivity index (χ1n) is 8.58. The Morgan fingerprint density at radius 3 is 2.44 bits per heavy atom. The van der Waals surface area contributed by atoms with Gasteiger partial charge in [-0.1, -0.05) is 42.5 Å². The number of urea groups is 1. The molecule has 2 bridgehead atoms. The van der Waals surface area contributed by atoms with E-state index in [0.29, 0.717) is 29.9 Å². The first-order valence-corrected chi connectivity index (χ1v) is 10.1. The van der Waals surface area contributed by atoms with Crippen LogP contribution < -0.4 is 10.0 Å². The predicted molar refractivity (Wildman–Crippen MR) is 99.0 cm³/mol. The average molecular weight is 360 g/mol. The fourth-order valence-corrected chi connectivity index (χ4v) is 4.67. The molecule has 2 aliphatic rings. The van der Waals surface area contributed by atoms with Gasteiger partial charge < -0.3 is 5.32 Å². The number of benzene rings is 1. The Bertz CT molecular complexity index is 812. The summed E-state index contributed by atoms with van der Waals surface area (Å²) in [6.45, 7) is 3.76. The van der Waals surface area contributed by atoms with Crippen molar-refractivity contribution in [3.63, 3.8) is 0 Å². The lowest BCUT2D eigenvalue weighted by Crippen LogP contribution is -2.42. The Hall–Kier alpha value is -2.08. The van der Waals surface area contributed by atoms with Crippen molar-refractivity contribution in [2.75, 3.05) is 6.54 Å². The normalized spacial score (nSPS) is 25.6. The first kappa shape index (κ1) is 17.7. The minimum Gasteiger partial charge on any atom is -0.337 e. The zero-order chi connectivity index (χ0) is 18.0. The molecule has 0 radical (unpaired) electrons. The molecule has 25 heavy (non-hydrogen) atoms. The molecule has 6 heteroatoms. The van der Waals surface area contributed by atoms with E-state index in [4.69, 9.17) is 0 Å². The maximum absolute atomic E-state index is 12.4. The second kappa shape index (κ2) is 7.04. The van der Waals surface area contributed by atoms with Gasteiger partial charge in [0.15, 0.2) is 0 Å². The molecule has 134 valence electrons. The fraction of sp³-hybridized carbons (Fsp3) is 0.421. The smallest absolute Gasteiger partial charge is 0.328 e. The van der Waals surface area contributed by atoms with E-state index in [2.05, 4.69) is 22.2 Å². The Morgan fingerprint density at radius 2 is 1.84 bits per heavy atom. The molecule has 2 aliphatic carbocycles. The third-order valence-electron chi connectivity index (χ3n) is 5.31. The molecule has 1 saturated carbocycles. The standard InChI is InChI=1S/C19H24N2O3S/c1-13(16-6-4-3-5-7-16)14(2)25(23,24)21-19(22)20-12-18-11-15-8-9-17(18)10-15/h3-9,15,17-18H,10-12H2,1-2H3,(H2,20,21,22). The Balaban J connectivity index is 1.60. The van der Waals surface area contributed by atoms with Crippen molar-refractivity contribution in [3.05, 3.63) is 53.0 Å². The second-order valence-corrected chi connectivity index (χ2v) is 8.73. The number of carbonyl (C=O) groups is 1. The molecule has 5 nitrogen and oxygen atoms in total. The van der Waals surface area contributed by atoms with Gasteiger partial charge in [-0.25, -0.2) is 17.9 Å².